The summed E-state index contributed by atoms with van der Waals surface area (Å²) < 4.78 is 5.12. The number of piperidine rings is 1. The van der Waals surface area contributed by atoms with Crippen molar-refractivity contribution in [2.45, 2.75) is 32.2 Å². The van der Waals surface area contributed by atoms with Gasteiger partial charge in [0.25, 0.3) is 0 Å². The molecule has 0 radical (unpaired) electrons. The van der Waals surface area contributed by atoms with Crippen molar-refractivity contribution in [3.63, 3.8) is 0 Å². The molecule has 3 heterocycles. The molecule has 0 aliphatic carbocycles. The average molecular weight is 349 g/mol. The Labute approximate surface area is 145 Å². The van der Waals surface area contributed by atoms with Gasteiger partial charge in [0.15, 0.2) is 0 Å². The summed E-state index contributed by atoms with van der Waals surface area (Å²) in [6.07, 6.45) is 3.64. The molecule has 0 spiro atoms. The van der Waals surface area contributed by atoms with Crippen LogP contribution in [0.25, 0.3) is 0 Å². The van der Waals surface area contributed by atoms with Crippen molar-refractivity contribution < 1.29 is 23.9 Å². The quantitative estimate of drug-likeness (QED) is 0.858. The van der Waals surface area contributed by atoms with E-state index in [9.17, 15) is 14.4 Å². The highest BCUT2D eigenvalue weighted by Crippen LogP contribution is 2.20. The second kappa shape index (κ2) is 7.58. The van der Waals surface area contributed by atoms with Gasteiger partial charge < -0.3 is 24.6 Å². The molecule has 0 bridgehead atoms. The summed E-state index contributed by atoms with van der Waals surface area (Å²) in [5.74, 6) is -1.27. The van der Waals surface area contributed by atoms with Gasteiger partial charge in [-0.15, -0.1) is 0 Å². The highest BCUT2D eigenvalue weighted by molar-refractivity contribution is 5.84. The molecule has 1 aromatic rings. The van der Waals surface area contributed by atoms with E-state index in [0.29, 0.717) is 18.8 Å². The molecular weight excluding hydrogens is 326 g/mol. The van der Waals surface area contributed by atoms with Gasteiger partial charge in [-0.25, -0.2) is 9.59 Å². The first-order valence-electron chi connectivity index (χ1n) is 8.68. The van der Waals surface area contributed by atoms with Gasteiger partial charge >= 0.3 is 12.0 Å². The maximum Gasteiger partial charge on any atom is 0.371 e. The summed E-state index contributed by atoms with van der Waals surface area (Å²) in [5, 5.41) is 11.6. The van der Waals surface area contributed by atoms with Crippen molar-refractivity contribution in [2.24, 2.45) is 5.92 Å². The van der Waals surface area contributed by atoms with Crippen molar-refractivity contribution in [1.29, 1.82) is 0 Å². The predicted molar refractivity (Wildman–Crippen MR) is 88.0 cm³/mol. The lowest BCUT2D eigenvalue weighted by Crippen LogP contribution is -2.49. The molecule has 2 aliphatic heterocycles. The number of nitrogens with zero attached hydrogens (tertiary/aromatic N) is 2. The topological polar surface area (TPSA) is 103 Å². The van der Waals surface area contributed by atoms with Crippen LogP contribution in [0.2, 0.25) is 0 Å². The van der Waals surface area contributed by atoms with Crippen molar-refractivity contribution >= 4 is 17.9 Å². The molecule has 3 rings (SSSR count). The summed E-state index contributed by atoms with van der Waals surface area (Å²) >= 11 is 0. The lowest BCUT2D eigenvalue weighted by molar-refractivity contribution is -0.126. The van der Waals surface area contributed by atoms with E-state index in [-0.39, 0.29) is 30.2 Å². The zero-order chi connectivity index (χ0) is 17.8. The van der Waals surface area contributed by atoms with Crippen LogP contribution in [0.5, 0.6) is 0 Å². The first-order chi connectivity index (χ1) is 12.0. The van der Waals surface area contributed by atoms with Gasteiger partial charge in [0.05, 0.1) is 12.5 Å². The molecule has 0 saturated carbocycles. The molecule has 136 valence electrons. The second-order valence-electron chi connectivity index (χ2n) is 6.55. The number of furan rings is 1. The number of aromatic carboxylic acids is 1. The average Bonchev–Trinajstić information content (AvgIpc) is 3.30. The van der Waals surface area contributed by atoms with Crippen LogP contribution in [0.3, 0.4) is 0 Å². The monoisotopic (exact) mass is 349 g/mol. The number of carboxylic acids is 1. The van der Waals surface area contributed by atoms with Crippen LogP contribution in [-0.4, -0.2) is 59.0 Å². The van der Waals surface area contributed by atoms with Gasteiger partial charge in [-0.05, 0) is 37.8 Å². The van der Waals surface area contributed by atoms with Crippen molar-refractivity contribution in [3.8, 4) is 0 Å². The van der Waals surface area contributed by atoms with Gasteiger partial charge in [-0.2, -0.15) is 0 Å². The van der Waals surface area contributed by atoms with E-state index in [4.69, 9.17) is 9.52 Å². The number of carbonyl (C=O) groups excluding carboxylic acids is 2. The van der Waals surface area contributed by atoms with Crippen LogP contribution < -0.4 is 5.32 Å². The third kappa shape index (κ3) is 4.12. The number of carbonyl (C=O) groups is 3. The van der Waals surface area contributed by atoms with Crippen LogP contribution >= 0.6 is 0 Å². The Balaban J connectivity index is 1.50. The number of rotatable bonds is 4. The number of hydrogen-bond donors (Lipinski definition) is 2. The molecular formula is C17H23N3O5. The summed E-state index contributed by atoms with van der Waals surface area (Å²) in [7, 11) is 0. The van der Waals surface area contributed by atoms with Crippen LogP contribution in [0.1, 0.15) is 42.0 Å². The Morgan fingerprint density at radius 3 is 2.52 bits per heavy atom. The van der Waals surface area contributed by atoms with E-state index >= 15 is 0 Å². The van der Waals surface area contributed by atoms with E-state index in [2.05, 4.69) is 5.32 Å². The van der Waals surface area contributed by atoms with Gasteiger partial charge in [0, 0.05) is 26.2 Å². The third-order valence-corrected chi connectivity index (χ3v) is 4.75. The number of hydrogen-bond acceptors (Lipinski definition) is 4. The summed E-state index contributed by atoms with van der Waals surface area (Å²) in [5.41, 5.74) is 0. The Morgan fingerprint density at radius 2 is 1.84 bits per heavy atom. The van der Waals surface area contributed by atoms with E-state index in [1.54, 1.807) is 4.90 Å². The third-order valence-electron chi connectivity index (χ3n) is 4.75. The maximum absolute atomic E-state index is 12.5. The summed E-state index contributed by atoms with van der Waals surface area (Å²) in [6.45, 7) is 2.87. The highest BCUT2D eigenvalue weighted by Gasteiger charge is 2.31. The minimum atomic E-state index is -1.14. The molecule has 2 N–H and O–H groups in total. The Kier molecular flexibility index (Phi) is 5.25. The normalized spacial score (nSPS) is 20.6. The van der Waals surface area contributed by atoms with Crippen molar-refractivity contribution in [3.05, 3.63) is 23.7 Å². The first-order valence-corrected chi connectivity index (χ1v) is 8.68. The van der Waals surface area contributed by atoms with E-state index in [1.807, 2.05) is 4.90 Å². The molecule has 1 aromatic heterocycles. The van der Waals surface area contributed by atoms with Crippen LogP contribution in [0.15, 0.2) is 16.5 Å². The molecule has 2 saturated heterocycles. The largest absolute Gasteiger partial charge is 0.475 e. The molecule has 8 heteroatoms. The van der Waals surface area contributed by atoms with Crippen LogP contribution in [-0.2, 0) is 11.3 Å². The van der Waals surface area contributed by atoms with Crippen molar-refractivity contribution in [2.75, 3.05) is 26.2 Å². The van der Waals surface area contributed by atoms with Crippen LogP contribution in [0, 0.1) is 5.92 Å². The predicted octanol–water partition coefficient (Wildman–Crippen LogP) is 1.52. The molecule has 8 nitrogen and oxygen atoms in total. The summed E-state index contributed by atoms with van der Waals surface area (Å²) in [6, 6.07) is 2.93. The minimum Gasteiger partial charge on any atom is -0.475 e. The minimum absolute atomic E-state index is 0.0344. The van der Waals surface area contributed by atoms with Crippen LogP contribution in [0.4, 0.5) is 4.79 Å². The lowest BCUT2D eigenvalue weighted by Gasteiger charge is -2.34. The lowest BCUT2D eigenvalue weighted by atomic mass is 9.97. The molecule has 25 heavy (non-hydrogen) atoms. The second-order valence-corrected chi connectivity index (χ2v) is 6.55. The maximum atomic E-state index is 12.5. The smallest absolute Gasteiger partial charge is 0.371 e. The van der Waals surface area contributed by atoms with Crippen molar-refractivity contribution in [1.82, 2.24) is 15.1 Å². The highest BCUT2D eigenvalue weighted by atomic mass is 16.4. The van der Waals surface area contributed by atoms with Gasteiger partial charge in [-0.1, -0.05) is 0 Å². The van der Waals surface area contributed by atoms with Gasteiger partial charge in [-0.3, -0.25) is 4.79 Å². The Hall–Kier alpha value is -2.51. The molecule has 2 aliphatic rings. The fourth-order valence-corrected chi connectivity index (χ4v) is 3.38. The SMILES string of the molecule is O=C(O)c1ccc(CNC(=O)[C@@H]2CCCN(C(=O)N3CCCC3)C2)o1. The fraction of sp³-hybridized carbons (Fsp3) is 0.588. The number of nitrogens with one attached hydrogen (secondary N) is 1. The van der Waals surface area contributed by atoms with E-state index < -0.39 is 5.97 Å². The Morgan fingerprint density at radius 1 is 1.12 bits per heavy atom. The molecule has 0 aromatic carbocycles. The first kappa shape index (κ1) is 17.3. The molecule has 1 atom stereocenters. The number of carboxylic acid groups (broad SMARTS) is 1. The molecule has 2 fully saturated rings. The fourth-order valence-electron chi connectivity index (χ4n) is 3.38. The molecule has 3 amide bonds. The zero-order valence-electron chi connectivity index (χ0n) is 14.1. The van der Waals surface area contributed by atoms with Gasteiger partial charge in [0.1, 0.15) is 5.76 Å². The molecule has 0 unspecified atom stereocenters. The van der Waals surface area contributed by atoms with E-state index in [1.165, 1.54) is 12.1 Å². The number of amides is 3. The summed E-state index contributed by atoms with van der Waals surface area (Å²) in [4.78, 5) is 39.3. The number of urea groups is 1. The Bertz CT molecular complexity index is 650. The standard InChI is InChI=1S/C17H23N3O5/c21-15(18-10-13-5-6-14(25-13)16(22)23)12-4-3-9-20(11-12)17(24)19-7-1-2-8-19/h5-6,12H,1-4,7-11H2,(H,18,21)(H,22,23)/t12-/m1/s1. The van der Waals surface area contributed by atoms with E-state index in [0.717, 1.165) is 38.8 Å². The van der Waals surface area contributed by atoms with Gasteiger partial charge in [0.2, 0.25) is 11.7 Å². The zero-order valence-corrected chi connectivity index (χ0v) is 14.1. The number of likely N-dealkylation sites (tertiary alicyclic amines) is 2.